The zero-order valence-corrected chi connectivity index (χ0v) is 16.1. The number of amides is 4. The van der Waals surface area contributed by atoms with Gasteiger partial charge in [-0.05, 0) is 25.2 Å². The van der Waals surface area contributed by atoms with Crippen molar-refractivity contribution >= 4 is 29.9 Å². The lowest BCUT2D eigenvalue weighted by molar-refractivity contribution is -0.131. The first-order valence-electron chi connectivity index (χ1n) is 8.92. The molecule has 0 aromatic carbocycles. The molecule has 7 N–H and O–H groups in total. The summed E-state index contributed by atoms with van der Waals surface area (Å²) in [5.74, 6) is -2.08. The summed E-state index contributed by atoms with van der Waals surface area (Å²) < 4.78 is 0. The Balaban J connectivity index is 4.89. The minimum Gasteiger partial charge on any atom is -0.370 e. The van der Waals surface area contributed by atoms with E-state index in [9.17, 15) is 24.0 Å². The van der Waals surface area contributed by atoms with Gasteiger partial charge in [0.1, 0.15) is 12.3 Å². The smallest absolute Gasteiger partial charge is 0.243 e. The topological polar surface area (TPSA) is 173 Å². The second-order valence-corrected chi connectivity index (χ2v) is 6.73. The summed E-state index contributed by atoms with van der Waals surface area (Å²) >= 11 is 0. The lowest BCUT2D eigenvalue weighted by Crippen LogP contribution is -2.54. The molecule has 154 valence electrons. The van der Waals surface area contributed by atoms with Crippen LogP contribution in [-0.4, -0.2) is 54.6 Å². The third-order valence-electron chi connectivity index (χ3n) is 3.86. The number of carbonyl (C=O) groups is 5. The van der Waals surface area contributed by atoms with Gasteiger partial charge in [0, 0.05) is 13.5 Å². The molecular weight excluding hydrogens is 354 g/mol. The average molecular weight is 385 g/mol. The molecule has 0 aromatic rings. The molecule has 0 bridgehead atoms. The van der Waals surface area contributed by atoms with Gasteiger partial charge in [0.25, 0.3) is 0 Å². The predicted molar refractivity (Wildman–Crippen MR) is 99.1 cm³/mol. The minimum absolute atomic E-state index is 0.119. The average Bonchev–Trinajstić information content (AvgIpc) is 2.57. The van der Waals surface area contributed by atoms with Crippen LogP contribution in [0.15, 0.2) is 0 Å². The number of hydrogen-bond donors (Lipinski definition) is 5. The Morgan fingerprint density at radius 1 is 1.04 bits per heavy atom. The van der Waals surface area contributed by atoms with Crippen molar-refractivity contribution in [2.24, 2.45) is 17.4 Å². The van der Waals surface area contributed by atoms with Gasteiger partial charge in [-0.3, -0.25) is 19.2 Å². The predicted octanol–water partition coefficient (Wildman–Crippen LogP) is -1.68. The lowest BCUT2D eigenvalue weighted by Gasteiger charge is -2.23. The van der Waals surface area contributed by atoms with Crippen LogP contribution in [0.4, 0.5) is 0 Å². The van der Waals surface area contributed by atoms with E-state index in [0.29, 0.717) is 25.7 Å². The first-order valence-corrected chi connectivity index (χ1v) is 8.92. The van der Waals surface area contributed by atoms with Crippen LogP contribution in [0.5, 0.6) is 0 Å². The van der Waals surface area contributed by atoms with Gasteiger partial charge in [-0.15, -0.1) is 0 Å². The van der Waals surface area contributed by atoms with E-state index >= 15 is 0 Å². The highest BCUT2D eigenvalue weighted by molar-refractivity contribution is 5.91. The Morgan fingerprint density at radius 3 is 2.15 bits per heavy atom. The molecule has 3 atom stereocenters. The fourth-order valence-corrected chi connectivity index (χ4v) is 2.21. The van der Waals surface area contributed by atoms with Crippen molar-refractivity contribution in [3.63, 3.8) is 0 Å². The largest absolute Gasteiger partial charge is 0.370 e. The molecule has 0 aromatic heterocycles. The third-order valence-corrected chi connectivity index (χ3v) is 3.86. The van der Waals surface area contributed by atoms with Gasteiger partial charge in [0.15, 0.2) is 0 Å². The van der Waals surface area contributed by atoms with Crippen LogP contribution in [0.25, 0.3) is 0 Å². The molecule has 0 rings (SSSR count). The van der Waals surface area contributed by atoms with Gasteiger partial charge in [-0.1, -0.05) is 13.8 Å². The quantitative estimate of drug-likeness (QED) is 0.187. The van der Waals surface area contributed by atoms with Crippen molar-refractivity contribution < 1.29 is 24.0 Å². The van der Waals surface area contributed by atoms with Crippen molar-refractivity contribution in [1.82, 2.24) is 16.0 Å². The molecule has 0 aliphatic carbocycles. The number of primary amides is 1. The van der Waals surface area contributed by atoms with Crippen molar-refractivity contribution in [2.45, 2.75) is 64.6 Å². The monoisotopic (exact) mass is 385 g/mol. The second kappa shape index (κ2) is 12.8. The van der Waals surface area contributed by atoms with Gasteiger partial charge in [-0.25, -0.2) is 0 Å². The zero-order valence-electron chi connectivity index (χ0n) is 16.1. The summed E-state index contributed by atoms with van der Waals surface area (Å²) in [5.41, 5.74) is 10.8. The van der Waals surface area contributed by atoms with E-state index in [4.69, 9.17) is 11.5 Å². The Morgan fingerprint density at radius 2 is 1.67 bits per heavy atom. The van der Waals surface area contributed by atoms with Gasteiger partial charge < -0.3 is 32.2 Å². The summed E-state index contributed by atoms with van der Waals surface area (Å²) in [4.78, 5) is 57.5. The first-order chi connectivity index (χ1) is 12.6. The van der Waals surface area contributed by atoms with E-state index in [1.165, 1.54) is 6.92 Å². The molecule has 10 nitrogen and oxygen atoms in total. The van der Waals surface area contributed by atoms with E-state index in [1.54, 1.807) is 13.8 Å². The van der Waals surface area contributed by atoms with Crippen molar-refractivity contribution in [3.05, 3.63) is 0 Å². The highest BCUT2D eigenvalue weighted by atomic mass is 16.2. The Kier molecular flexibility index (Phi) is 11.6. The number of aldehydes is 1. The third kappa shape index (κ3) is 11.0. The van der Waals surface area contributed by atoms with Gasteiger partial charge in [-0.2, -0.15) is 0 Å². The number of nitrogens with two attached hydrogens (primary N) is 2. The Hall–Kier alpha value is -2.49. The number of rotatable bonds is 13. The Labute approximate surface area is 159 Å². The van der Waals surface area contributed by atoms with E-state index in [1.807, 2.05) is 0 Å². The molecule has 0 saturated heterocycles. The number of carbonyl (C=O) groups excluding carboxylic acids is 5. The summed E-state index contributed by atoms with van der Waals surface area (Å²) in [5, 5.41) is 7.62. The normalized spacial score (nSPS) is 14.0. The summed E-state index contributed by atoms with van der Waals surface area (Å²) in [7, 11) is 0. The molecule has 0 heterocycles. The number of unbranched alkanes of at least 4 members (excludes halogenated alkanes) is 1. The Bertz CT molecular complexity index is 538. The van der Waals surface area contributed by atoms with Crippen LogP contribution in [0.2, 0.25) is 0 Å². The molecule has 10 heteroatoms. The maximum absolute atomic E-state index is 12.4. The molecule has 0 saturated carbocycles. The van der Waals surface area contributed by atoms with Crippen molar-refractivity contribution in [1.29, 1.82) is 0 Å². The number of hydrogen-bond acceptors (Lipinski definition) is 6. The highest BCUT2D eigenvalue weighted by Gasteiger charge is 2.26. The van der Waals surface area contributed by atoms with Gasteiger partial charge in [0.2, 0.25) is 23.6 Å². The minimum atomic E-state index is -1.06. The molecule has 4 amide bonds. The molecule has 0 radical (unpaired) electrons. The highest BCUT2D eigenvalue weighted by Crippen LogP contribution is 2.05. The SMILES string of the molecule is CC(=O)NCCCC[C@H](NC(=O)[C@@H](N)C(C)C)C(=O)N[C@H](C=O)CC(N)=O. The van der Waals surface area contributed by atoms with Crippen molar-refractivity contribution in [3.8, 4) is 0 Å². The maximum Gasteiger partial charge on any atom is 0.243 e. The lowest BCUT2D eigenvalue weighted by atomic mass is 10.0. The number of nitrogens with one attached hydrogen (secondary N) is 3. The molecular formula is C17H31N5O5. The second-order valence-electron chi connectivity index (χ2n) is 6.73. The van der Waals surface area contributed by atoms with E-state index in [-0.39, 0.29) is 24.7 Å². The van der Waals surface area contributed by atoms with Crippen LogP contribution in [0.3, 0.4) is 0 Å². The van der Waals surface area contributed by atoms with Crippen LogP contribution < -0.4 is 27.4 Å². The van der Waals surface area contributed by atoms with Crippen LogP contribution in [0, 0.1) is 5.92 Å². The van der Waals surface area contributed by atoms with E-state index in [2.05, 4.69) is 16.0 Å². The molecule has 0 spiro atoms. The van der Waals surface area contributed by atoms with Crippen LogP contribution in [-0.2, 0) is 24.0 Å². The first kappa shape index (κ1) is 24.5. The maximum atomic E-state index is 12.4. The standard InChI is InChI=1S/C17H31N5O5/c1-10(2)15(19)17(27)22-13(6-4-5-7-20-11(3)24)16(26)21-12(9-23)8-14(18)25/h9-10,12-13,15H,4-8,19H2,1-3H3,(H2,18,25)(H,20,24)(H,21,26)(H,22,27)/t12-,13-,15-/m0/s1. The summed E-state index contributed by atoms with van der Waals surface area (Å²) in [6.07, 6.45) is 1.51. The summed E-state index contributed by atoms with van der Waals surface area (Å²) in [6, 6.07) is -2.77. The van der Waals surface area contributed by atoms with Crippen LogP contribution >= 0.6 is 0 Å². The van der Waals surface area contributed by atoms with E-state index in [0.717, 1.165) is 0 Å². The van der Waals surface area contributed by atoms with Crippen LogP contribution in [0.1, 0.15) is 46.5 Å². The molecule has 0 aliphatic heterocycles. The summed E-state index contributed by atoms with van der Waals surface area (Å²) in [6.45, 7) is 5.41. The fourth-order valence-electron chi connectivity index (χ4n) is 2.21. The van der Waals surface area contributed by atoms with Gasteiger partial charge >= 0.3 is 0 Å². The zero-order chi connectivity index (χ0) is 21.0. The molecule has 0 aliphatic rings. The molecule has 0 fully saturated rings. The van der Waals surface area contributed by atoms with Crippen molar-refractivity contribution in [2.75, 3.05) is 6.54 Å². The molecule has 27 heavy (non-hydrogen) atoms. The van der Waals surface area contributed by atoms with E-state index < -0.39 is 35.8 Å². The fraction of sp³-hybridized carbons (Fsp3) is 0.706. The molecule has 0 unspecified atom stereocenters. The van der Waals surface area contributed by atoms with Gasteiger partial charge in [0.05, 0.1) is 18.5 Å².